The Morgan fingerprint density at radius 3 is 2.24 bits per heavy atom. The molecule has 0 radical (unpaired) electrons. The molecular formula is C28H25NO4S. The van der Waals surface area contributed by atoms with Crippen LogP contribution < -0.4 is 0 Å². The zero-order chi connectivity index (χ0) is 24.3. The SMILES string of the molecule is CN(C)S(=O)(=O)c1ccc(Cc2c(O)cc3ccc(C#CCc4ccccc4)cc3c2O)cc1. The van der Waals surface area contributed by atoms with Gasteiger partial charge in [0.2, 0.25) is 10.0 Å². The standard InChI is InChI=1S/C28H25NO4S/c1-29(2)34(32,33)24-15-12-22(13-16-24)18-26-27(30)19-23-14-11-21(17-25(23)28(26)31)10-6-9-20-7-4-3-5-8-20/h3-5,7-8,11-17,19,30-31H,9,18H2,1-2H3. The molecule has 4 aromatic rings. The highest BCUT2D eigenvalue weighted by Gasteiger charge is 2.18. The lowest BCUT2D eigenvalue weighted by molar-refractivity contribution is 0.445. The summed E-state index contributed by atoms with van der Waals surface area (Å²) in [6, 6.07) is 23.5. The highest BCUT2D eigenvalue weighted by molar-refractivity contribution is 7.89. The highest BCUT2D eigenvalue weighted by Crippen LogP contribution is 2.37. The molecule has 0 aromatic heterocycles. The average Bonchev–Trinajstić information content (AvgIpc) is 2.83. The minimum absolute atomic E-state index is 0.00769. The summed E-state index contributed by atoms with van der Waals surface area (Å²) in [4.78, 5) is 0.187. The molecule has 172 valence electrons. The molecular weight excluding hydrogens is 446 g/mol. The molecule has 0 saturated heterocycles. The Labute approximate surface area is 200 Å². The number of benzene rings is 4. The van der Waals surface area contributed by atoms with Crippen LogP contribution in [0.5, 0.6) is 11.5 Å². The summed E-state index contributed by atoms with van der Waals surface area (Å²) >= 11 is 0. The van der Waals surface area contributed by atoms with E-state index < -0.39 is 10.0 Å². The number of hydrogen-bond donors (Lipinski definition) is 2. The summed E-state index contributed by atoms with van der Waals surface area (Å²) in [6.45, 7) is 0. The zero-order valence-corrected chi connectivity index (χ0v) is 19.8. The zero-order valence-electron chi connectivity index (χ0n) is 19.0. The summed E-state index contributed by atoms with van der Waals surface area (Å²) in [7, 11) is -0.559. The Balaban J connectivity index is 1.62. The summed E-state index contributed by atoms with van der Waals surface area (Å²) < 4.78 is 25.7. The van der Waals surface area contributed by atoms with Crippen LogP contribution in [-0.2, 0) is 22.9 Å². The Morgan fingerprint density at radius 2 is 1.56 bits per heavy atom. The summed E-state index contributed by atoms with van der Waals surface area (Å²) in [6.07, 6.45) is 0.880. The minimum atomic E-state index is -3.52. The first kappa shape index (κ1) is 23.4. The van der Waals surface area contributed by atoms with Gasteiger partial charge < -0.3 is 10.2 Å². The van der Waals surface area contributed by atoms with Gasteiger partial charge in [-0.3, -0.25) is 0 Å². The number of hydrogen-bond acceptors (Lipinski definition) is 4. The molecule has 0 fully saturated rings. The molecule has 0 aliphatic carbocycles. The van der Waals surface area contributed by atoms with Crippen molar-refractivity contribution in [2.45, 2.75) is 17.7 Å². The quantitative estimate of drug-likeness (QED) is 0.414. The van der Waals surface area contributed by atoms with Crippen molar-refractivity contribution < 1.29 is 18.6 Å². The van der Waals surface area contributed by atoms with E-state index >= 15 is 0 Å². The highest BCUT2D eigenvalue weighted by atomic mass is 32.2. The first-order chi connectivity index (χ1) is 16.3. The topological polar surface area (TPSA) is 77.8 Å². The number of phenolic OH excluding ortho intramolecular Hbond substituents is 2. The summed E-state index contributed by atoms with van der Waals surface area (Å²) in [5, 5.41) is 22.8. The lowest BCUT2D eigenvalue weighted by Gasteiger charge is -2.13. The maximum Gasteiger partial charge on any atom is 0.242 e. The first-order valence-corrected chi connectivity index (χ1v) is 12.2. The number of sulfonamides is 1. The van der Waals surface area contributed by atoms with Crippen molar-refractivity contribution >= 4 is 20.8 Å². The maximum atomic E-state index is 12.3. The summed E-state index contributed by atoms with van der Waals surface area (Å²) in [5.41, 5.74) is 3.05. The molecule has 0 heterocycles. The van der Waals surface area contributed by atoms with Crippen LogP contribution in [0.3, 0.4) is 0 Å². The molecule has 0 atom stereocenters. The third-order valence-corrected chi connectivity index (χ3v) is 7.48. The fourth-order valence-electron chi connectivity index (χ4n) is 3.70. The van der Waals surface area contributed by atoms with Crippen molar-refractivity contribution in [3.63, 3.8) is 0 Å². The largest absolute Gasteiger partial charge is 0.507 e. The smallest absolute Gasteiger partial charge is 0.242 e. The van der Waals surface area contributed by atoms with Gasteiger partial charge in [0.1, 0.15) is 11.5 Å². The molecule has 0 spiro atoms. The number of rotatable bonds is 5. The van der Waals surface area contributed by atoms with Gasteiger partial charge in [-0.2, -0.15) is 0 Å². The van der Waals surface area contributed by atoms with Crippen molar-refractivity contribution in [1.29, 1.82) is 0 Å². The van der Waals surface area contributed by atoms with E-state index in [4.69, 9.17) is 0 Å². The van der Waals surface area contributed by atoms with Gasteiger partial charge in [0.25, 0.3) is 0 Å². The monoisotopic (exact) mass is 471 g/mol. The molecule has 0 bridgehead atoms. The molecule has 0 saturated carbocycles. The number of fused-ring (bicyclic) bond motifs is 1. The molecule has 4 aromatic carbocycles. The van der Waals surface area contributed by atoms with E-state index in [-0.39, 0.29) is 22.8 Å². The van der Waals surface area contributed by atoms with Crippen LogP contribution in [-0.4, -0.2) is 37.0 Å². The molecule has 5 nitrogen and oxygen atoms in total. The van der Waals surface area contributed by atoms with E-state index in [1.165, 1.54) is 26.2 Å². The minimum Gasteiger partial charge on any atom is -0.507 e. The Bertz CT molecular complexity index is 1500. The fourth-order valence-corrected chi connectivity index (χ4v) is 4.60. The van der Waals surface area contributed by atoms with Crippen LogP contribution in [0.15, 0.2) is 83.8 Å². The van der Waals surface area contributed by atoms with E-state index in [9.17, 15) is 18.6 Å². The van der Waals surface area contributed by atoms with Crippen LogP contribution in [0.4, 0.5) is 0 Å². The van der Waals surface area contributed by atoms with Gasteiger partial charge in [0, 0.05) is 43.5 Å². The molecule has 0 aliphatic rings. The molecule has 6 heteroatoms. The number of aromatic hydroxyl groups is 2. The fraction of sp³-hybridized carbons (Fsp3) is 0.143. The maximum absolute atomic E-state index is 12.3. The van der Waals surface area contributed by atoms with Gasteiger partial charge in [-0.05, 0) is 46.8 Å². The van der Waals surface area contributed by atoms with Gasteiger partial charge in [-0.15, -0.1) is 0 Å². The van der Waals surface area contributed by atoms with Crippen LogP contribution in [0.2, 0.25) is 0 Å². The Kier molecular flexibility index (Phi) is 6.60. The third-order valence-electron chi connectivity index (χ3n) is 5.65. The third kappa shape index (κ3) is 4.91. The Morgan fingerprint density at radius 1 is 0.853 bits per heavy atom. The van der Waals surface area contributed by atoms with Gasteiger partial charge in [-0.25, -0.2) is 12.7 Å². The van der Waals surface area contributed by atoms with Crippen LogP contribution in [0.25, 0.3) is 10.8 Å². The van der Waals surface area contributed by atoms with E-state index in [0.29, 0.717) is 22.8 Å². The van der Waals surface area contributed by atoms with Gasteiger partial charge in [0.05, 0.1) is 4.90 Å². The second kappa shape index (κ2) is 9.60. The number of phenols is 2. The van der Waals surface area contributed by atoms with Gasteiger partial charge in [0.15, 0.2) is 0 Å². The van der Waals surface area contributed by atoms with Crippen LogP contribution >= 0.6 is 0 Å². The normalized spacial score (nSPS) is 11.4. The number of nitrogens with zero attached hydrogens (tertiary/aromatic N) is 1. The van der Waals surface area contributed by atoms with E-state index in [0.717, 1.165) is 21.0 Å². The second-order valence-corrected chi connectivity index (χ2v) is 10.4. The predicted octanol–water partition coefficient (Wildman–Crippen LogP) is 4.69. The van der Waals surface area contributed by atoms with Gasteiger partial charge in [-0.1, -0.05) is 60.4 Å². The first-order valence-electron chi connectivity index (χ1n) is 10.8. The van der Waals surface area contributed by atoms with E-state index in [1.54, 1.807) is 18.2 Å². The average molecular weight is 472 g/mol. The lowest BCUT2D eigenvalue weighted by atomic mass is 9.97. The molecule has 0 aliphatic heterocycles. The predicted molar refractivity (Wildman–Crippen MR) is 134 cm³/mol. The second-order valence-electron chi connectivity index (χ2n) is 8.23. The molecule has 4 rings (SSSR count). The van der Waals surface area contributed by atoms with Crippen LogP contribution in [0.1, 0.15) is 22.3 Å². The molecule has 0 amide bonds. The van der Waals surface area contributed by atoms with Crippen molar-refractivity contribution in [2.75, 3.05) is 14.1 Å². The van der Waals surface area contributed by atoms with Crippen LogP contribution in [0, 0.1) is 11.8 Å². The Hall–Kier alpha value is -3.79. The van der Waals surface area contributed by atoms with Crippen molar-refractivity contribution in [1.82, 2.24) is 4.31 Å². The lowest BCUT2D eigenvalue weighted by Crippen LogP contribution is -2.22. The van der Waals surface area contributed by atoms with Crippen molar-refractivity contribution in [3.05, 3.63) is 101 Å². The molecule has 2 N–H and O–H groups in total. The van der Waals surface area contributed by atoms with Gasteiger partial charge >= 0.3 is 0 Å². The van der Waals surface area contributed by atoms with Crippen molar-refractivity contribution in [2.24, 2.45) is 0 Å². The molecule has 0 unspecified atom stereocenters. The summed E-state index contributed by atoms with van der Waals surface area (Å²) in [5.74, 6) is 6.28. The van der Waals surface area contributed by atoms with E-state index in [1.807, 2.05) is 48.5 Å². The van der Waals surface area contributed by atoms with Crippen molar-refractivity contribution in [3.8, 4) is 23.3 Å². The molecule has 34 heavy (non-hydrogen) atoms. The van der Waals surface area contributed by atoms with E-state index in [2.05, 4.69) is 11.8 Å².